The average molecular weight is 482 g/mol. The third-order valence-corrected chi connectivity index (χ3v) is 6.00. The van der Waals surface area contributed by atoms with Gasteiger partial charge in [-0.1, -0.05) is 58.0 Å². The van der Waals surface area contributed by atoms with Crippen molar-refractivity contribution in [3.63, 3.8) is 0 Å². The van der Waals surface area contributed by atoms with E-state index in [0.29, 0.717) is 21.8 Å². The third-order valence-electron chi connectivity index (χ3n) is 4.48. The summed E-state index contributed by atoms with van der Waals surface area (Å²) in [5.74, 6) is 0.163. The summed E-state index contributed by atoms with van der Waals surface area (Å²) in [5, 5.41) is 4.06. The van der Waals surface area contributed by atoms with Gasteiger partial charge in [-0.25, -0.2) is 14.4 Å². The summed E-state index contributed by atoms with van der Waals surface area (Å²) in [6.45, 7) is 1.94. The minimum absolute atomic E-state index is 0.150. The Hall–Kier alpha value is -2.77. The van der Waals surface area contributed by atoms with Crippen LogP contribution in [0.4, 0.5) is 10.1 Å². The second kappa shape index (κ2) is 8.93. The van der Waals surface area contributed by atoms with Gasteiger partial charge in [0.25, 0.3) is 0 Å². The molecule has 1 amide bonds. The SMILES string of the molecule is Cc1ccccc1NC(=O)CSc1nc(-c2ccc(Br)cc2)nc2ccc(F)cc12. The van der Waals surface area contributed by atoms with Crippen LogP contribution in [-0.2, 0) is 4.79 Å². The van der Waals surface area contributed by atoms with Gasteiger partial charge in [0.15, 0.2) is 5.82 Å². The van der Waals surface area contributed by atoms with Crippen molar-refractivity contribution in [2.24, 2.45) is 0 Å². The third kappa shape index (κ3) is 4.68. The van der Waals surface area contributed by atoms with Crippen molar-refractivity contribution in [2.45, 2.75) is 11.9 Å². The first kappa shape index (κ1) is 20.5. The zero-order chi connectivity index (χ0) is 21.1. The minimum Gasteiger partial charge on any atom is -0.325 e. The number of halogens is 2. The number of nitrogens with one attached hydrogen (secondary N) is 1. The fourth-order valence-electron chi connectivity index (χ4n) is 2.94. The monoisotopic (exact) mass is 481 g/mol. The second-order valence-electron chi connectivity index (χ2n) is 6.67. The number of carbonyl (C=O) groups excluding carboxylic acids is 1. The highest BCUT2D eigenvalue weighted by Gasteiger charge is 2.13. The van der Waals surface area contributed by atoms with Gasteiger partial charge >= 0.3 is 0 Å². The van der Waals surface area contributed by atoms with E-state index < -0.39 is 0 Å². The number of nitrogens with zero attached hydrogens (tertiary/aromatic N) is 2. The predicted octanol–water partition coefficient (Wildman–Crippen LogP) is 6.24. The lowest BCUT2D eigenvalue weighted by Crippen LogP contribution is -2.15. The lowest BCUT2D eigenvalue weighted by Gasteiger charge is -2.10. The number of thioether (sulfide) groups is 1. The summed E-state index contributed by atoms with van der Waals surface area (Å²) in [5.41, 5.74) is 3.24. The first-order valence-electron chi connectivity index (χ1n) is 9.21. The molecule has 4 nitrogen and oxygen atoms in total. The van der Waals surface area contributed by atoms with Gasteiger partial charge in [0.2, 0.25) is 5.91 Å². The number of aryl methyl sites for hydroxylation is 1. The maximum Gasteiger partial charge on any atom is 0.234 e. The Balaban J connectivity index is 1.63. The topological polar surface area (TPSA) is 54.9 Å². The van der Waals surface area contributed by atoms with Crippen molar-refractivity contribution in [3.05, 3.63) is 82.6 Å². The zero-order valence-electron chi connectivity index (χ0n) is 16.0. The van der Waals surface area contributed by atoms with Gasteiger partial charge in [0, 0.05) is 21.1 Å². The predicted molar refractivity (Wildman–Crippen MR) is 123 cm³/mol. The van der Waals surface area contributed by atoms with E-state index in [2.05, 4.69) is 31.2 Å². The molecular formula is C23H17BrFN3OS. The molecule has 0 atom stereocenters. The van der Waals surface area contributed by atoms with Crippen LogP contribution in [-0.4, -0.2) is 21.6 Å². The van der Waals surface area contributed by atoms with E-state index in [-0.39, 0.29) is 17.5 Å². The molecule has 4 aromatic rings. The molecule has 0 radical (unpaired) electrons. The molecule has 0 saturated carbocycles. The van der Waals surface area contributed by atoms with E-state index in [1.165, 1.54) is 23.9 Å². The quantitative estimate of drug-likeness (QED) is 0.270. The molecule has 0 aliphatic rings. The van der Waals surface area contributed by atoms with Crippen molar-refractivity contribution >= 4 is 50.2 Å². The molecule has 30 heavy (non-hydrogen) atoms. The van der Waals surface area contributed by atoms with Crippen LogP contribution in [0, 0.1) is 12.7 Å². The molecule has 0 bridgehead atoms. The number of fused-ring (bicyclic) bond motifs is 1. The minimum atomic E-state index is -0.367. The van der Waals surface area contributed by atoms with Crippen molar-refractivity contribution in [3.8, 4) is 11.4 Å². The summed E-state index contributed by atoms with van der Waals surface area (Å²) in [4.78, 5) is 21.7. The number of anilines is 1. The maximum absolute atomic E-state index is 13.9. The van der Waals surface area contributed by atoms with Crippen LogP contribution in [0.1, 0.15) is 5.56 Å². The fourth-order valence-corrected chi connectivity index (χ4v) is 4.02. The fraction of sp³-hybridized carbons (Fsp3) is 0.0870. The van der Waals surface area contributed by atoms with Crippen LogP contribution >= 0.6 is 27.7 Å². The number of benzene rings is 3. The molecule has 150 valence electrons. The Labute approximate surface area is 186 Å². The molecule has 1 heterocycles. The lowest BCUT2D eigenvalue weighted by atomic mass is 10.2. The largest absolute Gasteiger partial charge is 0.325 e. The Morgan fingerprint density at radius 3 is 2.60 bits per heavy atom. The van der Waals surface area contributed by atoms with Crippen molar-refractivity contribution < 1.29 is 9.18 Å². The Bertz CT molecular complexity index is 1230. The molecule has 4 rings (SSSR count). The average Bonchev–Trinajstić information content (AvgIpc) is 2.74. The van der Waals surface area contributed by atoms with Gasteiger partial charge < -0.3 is 5.32 Å². The molecule has 0 saturated heterocycles. The first-order chi connectivity index (χ1) is 14.5. The first-order valence-corrected chi connectivity index (χ1v) is 11.0. The normalized spacial score (nSPS) is 10.9. The van der Waals surface area contributed by atoms with Crippen LogP contribution in [0.5, 0.6) is 0 Å². The number of hydrogen-bond acceptors (Lipinski definition) is 4. The lowest BCUT2D eigenvalue weighted by molar-refractivity contribution is -0.113. The maximum atomic E-state index is 13.9. The smallest absolute Gasteiger partial charge is 0.234 e. The second-order valence-corrected chi connectivity index (χ2v) is 8.55. The molecular weight excluding hydrogens is 465 g/mol. The molecule has 3 aromatic carbocycles. The van der Waals surface area contributed by atoms with E-state index >= 15 is 0 Å². The molecule has 0 aliphatic heterocycles. The van der Waals surface area contributed by atoms with Crippen LogP contribution in [0.15, 0.2) is 76.2 Å². The molecule has 1 aromatic heterocycles. The van der Waals surface area contributed by atoms with Gasteiger partial charge in [-0.15, -0.1) is 0 Å². The summed E-state index contributed by atoms with van der Waals surface area (Å²) >= 11 is 4.69. The molecule has 0 unspecified atom stereocenters. The summed E-state index contributed by atoms with van der Waals surface area (Å²) < 4.78 is 14.8. The number of amides is 1. The number of para-hydroxylation sites is 1. The van der Waals surface area contributed by atoms with Gasteiger partial charge in [-0.2, -0.15) is 0 Å². The van der Waals surface area contributed by atoms with E-state index in [9.17, 15) is 9.18 Å². The van der Waals surface area contributed by atoms with E-state index in [1.807, 2.05) is 55.5 Å². The number of hydrogen-bond donors (Lipinski definition) is 1. The molecule has 1 N–H and O–H groups in total. The van der Waals surface area contributed by atoms with Gasteiger partial charge in [-0.3, -0.25) is 4.79 Å². The Kier molecular flexibility index (Phi) is 6.11. The van der Waals surface area contributed by atoms with Crippen LogP contribution < -0.4 is 5.32 Å². The molecule has 0 fully saturated rings. The summed E-state index contributed by atoms with van der Waals surface area (Å²) in [7, 11) is 0. The van der Waals surface area contributed by atoms with E-state index in [4.69, 9.17) is 0 Å². The Morgan fingerprint density at radius 1 is 1.07 bits per heavy atom. The van der Waals surface area contributed by atoms with Gasteiger partial charge in [0.1, 0.15) is 10.8 Å². The van der Waals surface area contributed by atoms with Crippen LogP contribution in [0.25, 0.3) is 22.3 Å². The van der Waals surface area contributed by atoms with Gasteiger partial charge in [-0.05, 0) is 48.9 Å². The van der Waals surface area contributed by atoms with Gasteiger partial charge in [0.05, 0.1) is 11.3 Å². The summed E-state index contributed by atoms with van der Waals surface area (Å²) in [6.07, 6.45) is 0. The van der Waals surface area contributed by atoms with Crippen molar-refractivity contribution in [1.29, 1.82) is 0 Å². The van der Waals surface area contributed by atoms with E-state index in [1.54, 1.807) is 6.07 Å². The number of aromatic nitrogens is 2. The van der Waals surface area contributed by atoms with Crippen LogP contribution in [0.3, 0.4) is 0 Å². The van der Waals surface area contributed by atoms with Crippen molar-refractivity contribution in [1.82, 2.24) is 9.97 Å². The van der Waals surface area contributed by atoms with Crippen molar-refractivity contribution in [2.75, 3.05) is 11.1 Å². The highest BCUT2D eigenvalue weighted by molar-refractivity contribution is 9.10. The standard InChI is InChI=1S/C23H17BrFN3OS/c1-14-4-2-3-5-19(14)26-21(29)13-30-23-18-12-17(25)10-11-20(18)27-22(28-23)15-6-8-16(24)9-7-15/h2-12H,13H2,1H3,(H,26,29). The van der Waals surface area contributed by atoms with Crippen LogP contribution in [0.2, 0.25) is 0 Å². The molecule has 0 aliphatic carbocycles. The number of carbonyl (C=O) groups is 1. The molecule has 0 spiro atoms. The molecule has 7 heteroatoms. The zero-order valence-corrected chi connectivity index (χ0v) is 18.4. The number of rotatable bonds is 5. The summed E-state index contributed by atoms with van der Waals surface area (Å²) in [6, 6.07) is 19.7. The highest BCUT2D eigenvalue weighted by Crippen LogP contribution is 2.29. The Morgan fingerprint density at radius 2 is 1.83 bits per heavy atom. The van der Waals surface area contributed by atoms with E-state index in [0.717, 1.165) is 21.3 Å². The highest BCUT2D eigenvalue weighted by atomic mass is 79.9.